The van der Waals surface area contributed by atoms with Crippen LogP contribution in [-0.2, 0) is 19.1 Å². The first-order chi connectivity index (χ1) is 35.6. The van der Waals surface area contributed by atoms with Crippen LogP contribution in [0.15, 0.2) is 60.8 Å². The third-order valence-electron chi connectivity index (χ3n) is 14.3. The number of rotatable bonds is 59. The van der Waals surface area contributed by atoms with Gasteiger partial charge in [0.1, 0.15) is 6.61 Å². The van der Waals surface area contributed by atoms with Gasteiger partial charge in [0.2, 0.25) is 0 Å². The van der Waals surface area contributed by atoms with E-state index in [4.69, 9.17) is 9.47 Å². The predicted octanol–water partition coefficient (Wildman–Crippen LogP) is 21.8. The molecule has 0 saturated heterocycles. The van der Waals surface area contributed by atoms with E-state index in [0.29, 0.717) is 12.8 Å². The maximum absolute atomic E-state index is 12.3. The summed E-state index contributed by atoms with van der Waals surface area (Å²) in [7, 11) is 0. The lowest BCUT2D eigenvalue weighted by molar-refractivity contribution is -0.161. The molecule has 0 aromatic rings. The molecule has 1 N–H and O–H groups in total. The summed E-state index contributed by atoms with van der Waals surface area (Å²) < 4.78 is 10.7. The van der Waals surface area contributed by atoms with Crippen molar-refractivity contribution in [3.05, 3.63) is 60.8 Å². The summed E-state index contributed by atoms with van der Waals surface area (Å²) in [6.07, 6.45) is 85.2. The molecule has 0 aliphatic heterocycles. The minimum absolute atomic E-state index is 0.0654. The Balaban J connectivity index is 3.41. The first-order valence-electron chi connectivity index (χ1n) is 31.8. The summed E-state index contributed by atoms with van der Waals surface area (Å²) in [6, 6.07) is 0. The topological polar surface area (TPSA) is 72.8 Å². The molecule has 0 aliphatic carbocycles. The van der Waals surface area contributed by atoms with Gasteiger partial charge in [-0.3, -0.25) is 9.59 Å². The van der Waals surface area contributed by atoms with Gasteiger partial charge in [-0.05, 0) is 77.0 Å². The monoisotopic (exact) mass is 1010 g/mol. The molecule has 0 bridgehead atoms. The number of unbranched alkanes of at least 4 members (excludes halogenated alkanes) is 41. The number of aliphatic hydroxyl groups excluding tert-OH is 1. The highest BCUT2D eigenvalue weighted by molar-refractivity contribution is 5.70. The van der Waals surface area contributed by atoms with Gasteiger partial charge in [-0.25, -0.2) is 0 Å². The lowest BCUT2D eigenvalue weighted by Gasteiger charge is -2.15. The maximum Gasteiger partial charge on any atom is 0.306 e. The van der Waals surface area contributed by atoms with Crippen LogP contribution >= 0.6 is 0 Å². The van der Waals surface area contributed by atoms with Crippen LogP contribution < -0.4 is 0 Å². The molecule has 0 heterocycles. The van der Waals surface area contributed by atoms with Gasteiger partial charge in [-0.2, -0.15) is 0 Å². The molecule has 1 atom stereocenters. The number of hydrogen-bond donors (Lipinski definition) is 1. The Bertz CT molecular complexity index is 1230. The molecule has 0 amide bonds. The zero-order chi connectivity index (χ0) is 52.0. The number of carbonyl (C=O) groups excluding carboxylic acids is 2. The van der Waals surface area contributed by atoms with Crippen molar-refractivity contribution in [2.75, 3.05) is 13.2 Å². The molecule has 0 aromatic carbocycles. The third kappa shape index (κ3) is 60.2. The van der Waals surface area contributed by atoms with E-state index >= 15 is 0 Å². The van der Waals surface area contributed by atoms with Crippen molar-refractivity contribution in [2.24, 2.45) is 0 Å². The summed E-state index contributed by atoms with van der Waals surface area (Å²) in [5, 5.41) is 9.67. The van der Waals surface area contributed by atoms with Crippen LogP contribution in [-0.4, -0.2) is 36.4 Å². The first-order valence-corrected chi connectivity index (χ1v) is 31.8. The summed E-state index contributed by atoms with van der Waals surface area (Å²) in [4.78, 5) is 24.6. The van der Waals surface area contributed by atoms with Gasteiger partial charge >= 0.3 is 11.9 Å². The van der Waals surface area contributed by atoms with Gasteiger partial charge in [0.05, 0.1) is 6.61 Å². The summed E-state index contributed by atoms with van der Waals surface area (Å²) >= 11 is 0. The molecule has 0 saturated carbocycles. The highest BCUT2D eigenvalue weighted by Gasteiger charge is 2.16. The van der Waals surface area contributed by atoms with Crippen LogP contribution in [0.3, 0.4) is 0 Å². The van der Waals surface area contributed by atoms with E-state index in [1.54, 1.807) is 0 Å². The summed E-state index contributed by atoms with van der Waals surface area (Å²) in [5.74, 6) is -0.582. The van der Waals surface area contributed by atoms with Gasteiger partial charge in [0.15, 0.2) is 6.10 Å². The first kappa shape index (κ1) is 69.6. The van der Waals surface area contributed by atoms with Crippen LogP contribution in [0.25, 0.3) is 0 Å². The lowest BCUT2D eigenvalue weighted by atomic mass is 10.0. The van der Waals surface area contributed by atoms with Gasteiger partial charge < -0.3 is 14.6 Å². The molecule has 5 heteroatoms. The quantitative estimate of drug-likeness (QED) is 0.0373. The van der Waals surface area contributed by atoms with E-state index in [9.17, 15) is 14.7 Å². The number of allylic oxidation sites excluding steroid dienone is 10. The van der Waals surface area contributed by atoms with Crippen molar-refractivity contribution in [1.29, 1.82) is 0 Å². The lowest BCUT2D eigenvalue weighted by Crippen LogP contribution is -2.28. The Hall–Kier alpha value is -2.40. The van der Waals surface area contributed by atoms with Crippen molar-refractivity contribution in [3.63, 3.8) is 0 Å². The number of ether oxygens (including phenoxy) is 2. The minimum Gasteiger partial charge on any atom is -0.462 e. The average molecular weight is 1010 g/mol. The van der Waals surface area contributed by atoms with Crippen molar-refractivity contribution in [1.82, 2.24) is 0 Å². The third-order valence-corrected chi connectivity index (χ3v) is 14.3. The number of hydrogen-bond acceptors (Lipinski definition) is 5. The van der Waals surface area contributed by atoms with Crippen molar-refractivity contribution < 1.29 is 24.2 Å². The Morgan fingerprint density at radius 3 is 0.917 bits per heavy atom. The van der Waals surface area contributed by atoms with E-state index in [1.807, 2.05) is 0 Å². The van der Waals surface area contributed by atoms with Gasteiger partial charge in [0, 0.05) is 12.8 Å². The molecular weight excluding hydrogens is 885 g/mol. The molecule has 420 valence electrons. The second-order valence-electron chi connectivity index (χ2n) is 21.5. The Morgan fingerprint density at radius 2 is 0.597 bits per heavy atom. The van der Waals surface area contributed by atoms with Crippen LogP contribution in [0.2, 0.25) is 0 Å². The zero-order valence-corrected chi connectivity index (χ0v) is 48.2. The molecule has 0 aliphatic rings. The largest absolute Gasteiger partial charge is 0.462 e. The fraction of sp³-hybridized carbons (Fsp3) is 0.821. The number of aliphatic hydroxyl groups is 1. The summed E-state index contributed by atoms with van der Waals surface area (Å²) in [5.41, 5.74) is 0. The standard InChI is InChI=1S/C67H122O5/c1-3-5-7-9-11-13-15-17-19-21-23-25-27-28-29-30-31-32-33-34-35-36-37-38-40-41-43-45-47-49-51-53-55-57-59-61-66(69)71-64-65(63-68)72-67(70)62-60-58-56-54-52-50-48-46-44-42-39-26-24-22-20-18-16-14-12-10-8-6-4-2/h6,8,12,14,18,20-21,23-24,26,65,68H,3-5,7,9-11,13,15-17,19,22,25,27-64H2,1-2H3/b8-6-,14-12-,20-18-,23-21-,26-24-. The van der Waals surface area contributed by atoms with Crippen LogP contribution in [0.5, 0.6) is 0 Å². The second kappa shape index (κ2) is 62.9. The van der Waals surface area contributed by atoms with Crippen molar-refractivity contribution >= 4 is 11.9 Å². The fourth-order valence-electron chi connectivity index (χ4n) is 9.55. The second-order valence-corrected chi connectivity index (χ2v) is 21.5. The highest BCUT2D eigenvalue weighted by atomic mass is 16.6. The number of esters is 2. The average Bonchev–Trinajstić information content (AvgIpc) is 3.38. The smallest absolute Gasteiger partial charge is 0.306 e. The normalized spacial score (nSPS) is 12.5. The molecular formula is C67H122O5. The predicted molar refractivity (Wildman–Crippen MR) is 316 cm³/mol. The maximum atomic E-state index is 12.3. The van der Waals surface area contributed by atoms with Crippen molar-refractivity contribution in [2.45, 2.75) is 341 Å². The molecule has 72 heavy (non-hydrogen) atoms. The molecule has 0 aromatic heterocycles. The fourth-order valence-corrected chi connectivity index (χ4v) is 9.55. The van der Waals surface area contributed by atoms with Gasteiger partial charge in [-0.1, -0.05) is 306 Å². The van der Waals surface area contributed by atoms with E-state index in [-0.39, 0.29) is 25.2 Å². The van der Waals surface area contributed by atoms with E-state index in [2.05, 4.69) is 74.6 Å². The van der Waals surface area contributed by atoms with Crippen LogP contribution in [0, 0.1) is 0 Å². The Kier molecular flexibility index (Phi) is 60.8. The van der Waals surface area contributed by atoms with E-state index in [1.165, 1.54) is 244 Å². The van der Waals surface area contributed by atoms with Crippen LogP contribution in [0.4, 0.5) is 0 Å². The van der Waals surface area contributed by atoms with Gasteiger partial charge in [-0.15, -0.1) is 0 Å². The zero-order valence-electron chi connectivity index (χ0n) is 48.2. The van der Waals surface area contributed by atoms with Gasteiger partial charge in [0.25, 0.3) is 0 Å². The molecule has 5 nitrogen and oxygen atoms in total. The Labute approximate surface area is 449 Å². The minimum atomic E-state index is -0.776. The molecule has 0 rings (SSSR count). The van der Waals surface area contributed by atoms with E-state index in [0.717, 1.165) is 64.2 Å². The Morgan fingerprint density at radius 1 is 0.333 bits per heavy atom. The highest BCUT2D eigenvalue weighted by Crippen LogP contribution is 2.18. The SMILES string of the molecule is CC/C=C\C/C=C\C/C=C\C/C=C\CCCCCCCCCCCCC(=O)OC(CO)COC(=O)CCCCCCCCCCCCCCCCCCCCCCCCC/C=C\CCCCCCCCCC. The van der Waals surface area contributed by atoms with Crippen LogP contribution in [0.1, 0.15) is 335 Å². The molecule has 1 unspecified atom stereocenters. The summed E-state index contributed by atoms with van der Waals surface area (Å²) in [6.45, 7) is 4.06. The molecule has 0 spiro atoms. The molecule has 0 radical (unpaired) electrons. The van der Waals surface area contributed by atoms with E-state index < -0.39 is 6.10 Å². The number of carbonyl (C=O) groups is 2. The van der Waals surface area contributed by atoms with Crippen molar-refractivity contribution in [3.8, 4) is 0 Å². The molecule has 0 fully saturated rings.